The number of nitrogens with one attached hydrogen (secondary N) is 1. The molecule has 6 heteroatoms. The van der Waals surface area contributed by atoms with Crippen LogP contribution in [0.5, 0.6) is 0 Å². The molecule has 1 heterocycles. The van der Waals surface area contributed by atoms with Gasteiger partial charge in [0.2, 0.25) is 5.91 Å². The Morgan fingerprint density at radius 2 is 2.22 bits per heavy atom. The summed E-state index contributed by atoms with van der Waals surface area (Å²) in [6, 6.07) is 5.30. The summed E-state index contributed by atoms with van der Waals surface area (Å²) in [5, 5.41) is 4.49. The molecule has 1 N–H and O–H groups in total. The van der Waals surface area contributed by atoms with Gasteiger partial charge in [0.05, 0.1) is 15.2 Å². The molecule has 1 amide bonds. The SMILES string of the molecule is CC(Nc1nc2cccc(Cl)c2s1)C(=O)N(C)C. The normalized spacial score (nSPS) is 12.4. The van der Waals surface area contributed by atoms with Crippen LogP contribution in [-0.4, -0.2) is 35.9 Å². The number of nitrogens with zero attached hydrogens (tertiary/aromatic N) is 2. The number of amides is 1. The molecule has 2 aromatic rings. The predicted molar refractivity (Wildman–Crippen MR) is 76.4 cm³/mol. The fourth-order valence-corrected chi connectivity index (χ4v) is 2.85. The molecule has 0 aliphatic rings. The summed E-state index contributed by atoms with van der Waals surface area (Å²) >= 11 is 7.54. The van der Waals surface area contributed by atoms with Crippen molar-refractivity contribution in [2.75, 3.05) is 19.4 Å². The largest absolute Gasteiger partial charge is 0.350 e. The van der Waals surface area contributed by atoms with Crippen LogP contribution in [0.15, 0.2) is 18.2 Å². The highest BCUT2D eigenvalue weighted by atomic mass is 35.5. The monoisotopic (exact) mass is 283 g/mol. The summed E-state index contributed by atoms with van der Waals surface area (Å²) in [6.07, 6.45) is 0. The average Bonchev–Trinajstić information content (AvgIpc) is 2.71. The summed E-state index contributed by atoms with van der Waals surface area (Å²) < 4.78 is 0.936. The zero-order valence-electron chi connectivity index (χ0n) is 10.4. The van der Waals surface area contributed by atoms with Gasteiger partial charge in [0.25, 0.3) is 0 Å². The minimum absolute atomic E-state index is 0.0142. The van der Waals surface area contributed by atoms with Crippen molar-refractivity contribution < 1.29 is 4.79 Å². The number of halogens is 1. The summed E-state index contributed by atoms with van der Waals surface area (Å²) in [4.78, 5) is 17.7. The van der Waals surface area contributed by atoms with Crippen LogP contribution in [0.1, 0.15) is 6.92 Å². The van der Waals surface area contributed by atoms with E-state index in [9.17, 15) is 4.79 Å². The van der Waals surface area contributed by atoms with E-state index in [1.54, 1.807) is 19.0 Å². The highest BCUT2D eigenvalue weighted by Crippen LogP contribution is 2.31. The van der Waals surface area contributed by atoms with E-state index in [4.69, 9.17) is 11.6 Å². The lowest BCUT2D eigenvalue weighted by molar-refractivity contribution is -0.129. The third kappa shape index (κ3) is 2.57. The molecule has 0 aliphatic heterocycles. The molecule has 0 radical (unpaired) electrons. The first-order chi connectivity index (χ1) is 8.49. The molecule has 2 rings (SSSR count). The van der Waals surface area contributed by atoms with Crippen LogP contribution >= 0.6 is 22.9 Å². The van der Waals surface area contributed by atoms with Crippen molar-refractivity contribution in [3.63, 3.8) is 0 Å². The van der Waals surface area contributed by atoms with Crippen molar-refractivity contribution in [1.82, 2.24) is 9.88 Å². The molecular weight excluding hydrogens is 270 g/mol. The van der Waals surface area contributed by atoms with Crippen molar-refractivity contribution in [2.45, 2.75) is 13.0 Å². The average molecular weight is 284 g/mol. The third-order valence-electron chi connectivity index (χ3n) is 2.52. The van der Waals surface area contributed by atoms with Gasteiger partial charge in [-0.05, 0) is 19.1 Å². The second-order valence-electron chi connectivity index (χ2n) is 4.21. The summed E-state index contributed by atoms with van der Waals surface area (Å²) in [5.41, 5.74) is 0.847. The van der Waals surface area contributed by atoms with E-state index in [0.717, 1.165) is 10.2 Å². The highest BCUT2D eigenvalue weighted by molar-refractivity contribution is 7.22. The number of likely N-dealkylation sites (N-methyl/N-ethyl adjacent to an activating group) is 1. The molecular formula is C12H14ClN3OS. The Balaban J connectivity index is 2.22. The number of benzene rings is 1. The van der Waals surface area contributed by atoms with E-state index in [0.29, 0.717) is 10.2 Å². The molecule has 18 heavy (non-hydrogen) atoms. The standard InChI is InChI=1S/C12H14ClN3OS/c1-7(11(17)16(2)3)14-12-15-9-6-4-5-8(13)10(9)18-12/h4-7H,1-3H3,(H,14,15). The Morgan fingerprint density at radius 3 is 2.83 bits per heavy atom. The van der Waals surface area contributed by atoms with Crippen LogP contribution in [0.25, 0.3) is 10.2 Å². The first-order valence-corrected chi connectivity index (χ1v) is 6.71. The number of anilines is 1. The van der Waals surface area contributed by atoms with E-state index in [2.05, 4.69) is 10.3 Å². The quantitative estimate of drug-likeness (QED) is 0.942. The molecule has 0 spiro atoms. The number of aromatic nitrogens is 1. The molecule has 0 bridgehead atoms. The van der Waals surface area contributed by atoms with E-state index >= 15 is 0 Å². The van der Waals surface area contributed by atoms with E-state index in [-0.39, 0.29) is 11.9 Å². The Kier molecular flexibility index (Phi) is 3.73. The van der Waals surface area contributed by atoms with Crippen LogP contribution < -0.4 is 5.32 Å². The topological polar surface area (TPSA) is 45.2 Å². The van der Waals surface area contributed by atoms with Crippen LogP contribution in [0.2, 0.25) is 5.02 Å². The molecule has 1 aromatic heterocycles. The van der Waals surface area contributed by atoms with Crippen molar-refractivity contribution in [3.05, 3.63) is 23.2 Å². The fourth-order valence-electron chi connectivity index (χ4n) is 1.61. The van der Waals surface area contributed by atoms with Crippen LogP contribution in [0.3, 0.4) is 0 Å². The van der Waals surface area contributed by atoms with Gasteiger partial charge in [-0.2, -0.15) is 0 Å². The molecule has 0 saturated carbocycles. The van der Waals surface area contributed by atoms with Crippen LogP contribution in [-0.2, 0) is 4.79 Å². The molecule has 96 valence electrons. The fraction of sp³-hybridized carbons (Fsp3) is 0.333. The number of thiazole rings is 1. The number of hydrogen-bond donors (Lipinski definition) is 1. The molecule has 0 aliphatic carbocycles. The minimum atomic E-state index is -0.306. The number of carbonyl (C=O) groups is 1. The third-order valence-corrected chi connectivity index (χ3v) is 3.98. The van der Waals surface area contributed by atoms with Crippen molar-refractivity contribution in [3.8, 4) is 0 Å². The number of hydrogen-bond acceptors (Lipinski definition) is 4. The van der Waals surface area contributed by atoms with Gasteiger partial charge in [0.15, 0.2) is 5.13 Å². The smallest absolute Gasteiger partial charge is 0.244 e. The summed E-state index contributed by atoms with van der Waals surface area (Å²) in [6.45, 7) is 1.82. The molecule has 1 unspecified atom stereocenters. The van der Waals surface area contributed by atoms with Crippen molar-refractivity contribution >= 4 is 44.2 Å². The van der Waals surface area contributed by atoms with Gasteiger partial charge < -0.3 is 10.2 Å². The van der Waals surface area contributed by atoms with Gasteiger partial charge in [-0.15, -0.1) is 0 Å². The van der Waals surface area contributed by atoms with Gasteiger partial charge >= 0.3 is 0 Å². The minimum Gasteiger partial charge on any atom is -0.350 e. The van der Waals surface area contributed by atoms with E-state index in [1.165, 1.54) is 11.3 Å². The Hall–Kier alpha value is -1.33. The lowest BCUT2D eigenvalue weighted by atomic mass is 10.3. The number of fused-ring (bicyclic) bond motifs is 1. The number of rotatable bonds is 3. The van der Waals surface area contributed by atoms with Crippen molar-refractivity contribution in [1.29, 1.82) is 0 Å². The lowest BCUT2D eigenvalue weighted by Crippen LogP contribution is -2.36. The molecule has 0 saturated heterocycles. The first-order valence-electron chi connectivity index (χ1n) is 5.52. The zero-order valence-corrected chi connectivity index (χ0v) is 12.0. The maximum atomic E-state index is 11.7. The van der Waals surface area contributed by atoms with Gasteiger partial charge in [0.1, 0.15) is 6.04 Å². The molecule has 0 fully saturated rings. The lowest BCUT2D eigenvalue weighted by Gasteiger charge is -2.17. The second kappa shape index (κ2) is 5.12. The molecule has 4 nitrogen and oxygen atoms in total. The maximum Gasteiger partial charge on any atom is 0.244 e. The van der Waals surface area contributed by atoms with E-state index in [1.807, 2.05) is 25.1 Å². The predicted octanol–water partition coefficient (Wildman–Crippen LogP) is 2.84. The van der Waals surface area contributed by atoms with E-state index < -0.39 is 0 Å². The number of carbonyl (C=O) groups excluding carboxylic acids is 1. The Bertz CT molecular complexity index is 582. The molecule has 1 atom stereocenters. The first kappa shape index (κ1) is 13.1. The van der Waals surface area contributed by atoms with Crippen LogP contribution in [0.4, 0.5) is 5.13 Å². The van der Waals surface area contributed by atoms with Gasteiger partial charge in [-0.1, -0.05) is 29.0 Å². The van der Waals surface area contributed by atoms with Gasteiger partial charge in [0, 0.05) is 14.1 Å². The van der Waals surface area contributed by atoms with Crippen molar-refractivity contribution in [2.24, 2.45) is 0 Å². The Labute approximate surface area is 115 Å². The summed E-state index contributed by atoms with van der Waals surface area (Å²) in [5.74, 6) is 0.0142. The maximum absolute atomic E-state index is 11.7. The Morgan fingerprint density at radius 1 is 1.50 bits per heavy atom. The zero-order chi connectivity index (χ0) is 13.3. The van der Waals surface area contributed by atoms with Gasteiger partial charge in [-0.25, -0.2) is 4.98 Å². The molecule has 1 aromatic carbocycles. The highest BCUT2D eigenvalue weighted by Gasteiger charge is 2.16. The second-order valence-corrected chi connectivity index (χ2v) is 5.61. The summed E-state index contributed by atoms with van der Waals surface area (Å²) in [7, 11) is 3.46. The van der Waals surface area contributed by atoms with Gasteiger partial charge in [-0.3, -0.25) is 4.79 Å². The van der Waals surface area contributed by atoms with Crippen LogP contribution in [0, 0.1) is 0 Å².